The van der Waals surface area contributed by atoms with Crippen molar-refractivity contribution in [2.24, 2.45) is 0 Å². The highest BCUT2D eigenvalue weighted by Crippen LogP contribution is 2.15. The van der Waals surface area contributed by atoms with E-state index >= 15 is 0 Å². The van der Waals surface area contributed by atoms with Crippen molar-refractivity contribution in [1.82, 2.24) is 0 Å². The number of nitro groups is 2. The maximum absolute atomic E-state index is 12.0. The topological polar surface area (TPSA) is 103 Å². The molecule has 0 spiro atoms. The molecule has 22 heavy (non-hydrogen) atoms. The third-order valence-corrected chi connectivity index (χ3v) is 3.10. The molecule has 7 heteroatoms. The standard InChI is InChI=1S/C15H12N2O5/c18-15(9-11-1-5-13(6-2-11)16(19)20)10-12-3-7-14(8-4-12)17(21)22/h1-8H,9-10H2. The van der Waals surface area contributed by atoms with E-state index in [0.717, 1.165) is 0 Å². The summed E-state index contributed by atoms with van der Waals surface area (Å²) in [7, 11) is 0. The Morgan fingerprint density at radius 1 is 0.727 bits per heavy atom. The second kappa shape index (κ2) is 6.57. The highest BCUT2D eigenvalue weighted by Gasteiger charge is 2.10. The van der Waals surface area contributed by atoms with Gasteiger partial charge in [-0.05, 0) is 11.1 Å². The third-order valence-electron chi connectivity index (χ3n) is 3.10. The Bertz CT molecular complexity index is 646. The molecule has 0 aliphatic heterocycles. The van der Waals surface area contributed by atoms with Crippen LogP contribution >= 0.6 is 0 Å². The summed E-state index contributed by atoms with van der Waals surface area (Å²) in [6.07, 6.45) is 0.323. The molecule has 7 nitrogen and oxygen atoms in total. The Balaban J connectivity index is 1.97. The van der Waals surface area contributed by atoms with E-state index in [2.05, 4.69) is 0 Å². The number of hydrogen-bond acceptors (Lipinski definition) is 5. The van der Waals surface area contributed by atoms with E-state index in [1.165, 1.54) is 24.3 Å². The molecule has 0 aliphatic carbocycles. The second-order valence-corrected chi connectivity index (χ2v) is 4.74. The molecule has 0 heterocycles. The fraction of sp³-hybridized carbons (Fsp3) is 0.133. The molecule has 0 bridgehead atoms. The lowest BCUT2D eigenvalue weighted by Gasteiger charge is -2.02. The zero-order valence-corrected chi connectivity index (χ0v) is 11.5. The predicted octanol–water partition coefficient (Wildman–Crippen LogP) is 2.86. The molecular formula is C15H12N2O5. The van der Waals surface area contributed by atoms with Gasteiger partial charge in [0, 0.05) is 37.1 Å². The van der Waals surface area contributed by atoms with Gasteiger partial charge in [-0.3, -0.25) is 25.0 Å². The number of ketones is 1. The zero-order chi connectivity index (χ0) is 16.1. The molecule has 112 valence electrons. The molecule has 2 aromatic rings. The van der Waals surface area contributed by atoms with Gasteiger partial charge in [-0.25, -0.2) is 0 Å². The SMILES string of the molecule is O=C(Cc1ccc([N+](=O)[O-])cc1)Cc1ccc([N+](=O)[O-])cc1. The minimum atomic E-state index is -0.498. The monoisotopic (exact) mass is 300 g/mol. The van der Waals surface area contributed by atoms with E-state index in [0.29, 0.717) is 11.1 Å². The molecule has 0 unspecified atom stereocenters. The molecule has 0 saturated carbocycles. The largest absolute Gasteiger partial charge is 0.299 e. The Morgan fingerprint density at radius 2 is 1.05 bits per heavy atom. The molecular weight excluding hydrogens is 288 g/mol. The number of carbonyl (C=O) groups is 1. The number of carbonyl (C=O) groups excluding carboxylic acids is 1. The predicted molar refractivity (Wildman–Crippen MR) is 78.6 cm³/mol. The van der Waals surface area contributed by atoms with E-state index in [4.69, 9.17) is 0 Å². The number of Topliss-reactive ketones (excluding diaryl/α,β-unsaturated/α-hetero) is 1. The van der Waals surface area contributed by atoms with Crippen LogP contribution in [-0.4, -0.2) is 15.6 Å². The van der Waals surface area contributed by atoms with Crippen LogP contribution in [0.5, 0.6) is 0 Å². The number of benzene rings is 2. The molecule has 0 saturated heterocycles. The highest BCUT2D eigenvalue weighted by atomic mass is 16.6. The summed E-state index contributed by atoms with van der Waals surface area (Å²) in [4.78, 5) is 32.0. The van der Waals surface area contributed by atoms with Crippen LogP contribution < -0.4 is 0 Å². The maximum atomic E-state index is 12.0. The van der Waals surface area contributed by atoms with E-state index in [9.17, 15) is 25.0 Å². The highest BCUT2D eigenvalue weighted by molar-refractivity contribution is 5.83. The van der Waals surface area contributed by atoms with Crippen LogP contribution in [0, 0.1) is 20.2 Å². The van der Waals surface area contributed by atoms with Crippen LogP contribution in [-0.2, 0) is 17.6 Å². The molecule has 2 aromatic carbocycles. The molecule has 0 atom stereocenters. The number of non-ortho nitro benzene ring substituents is 2. The van der Waals surface area contributed by atoms with Gasteiger partial charge in [0.2, 0.25) is 0 Å². The minimum Gasteiger partial charge on any atom is -0.299 e. The molecule has 0 aromatic heterocycles. The lowest BCUT2D eigenvalue weighted by atomic mass is 10.0. The second-order valence-electron chi connectivity index (χ2n) is 4.74. The van der Waals surface area contributed by atoms with Crippen molar-refractivity contribution < 1.29 is 14.6 Å². The van der Waals surface area contributed by atoms with Crippen molar-refractivity contribution in [2.75, 3.05) is 0 Å². The van der Waals surface area contributed by atoms with Gasteiger partial charge in [0.05, 0.1) is 9.85 Å². The fourth-order valence-corrected chi connectivity index (χ4v) is 1.99. The van der Waals surface area contributed by atoms with Crippen molar-refractivity contribution in [1.29, 1.82) is 0 Å². The summed E-state index contributed by atoms with van der Waals surface area (Å²) < 4.78 is 0. The van der Waals surface area contributed by atoms with Crippen molar-refractivity contribution in [3.05, 3.63) is 79.9 Å². The number of nitrogens with zero attached hydrogens (tertiary/aromatic N) is 2. The van der Waals surface area contributed by atoms with Gasteiger partial charge in [-0.2, -0.15) is 0 Å². The van der Waals surface area contributed by atoms with Crippen LogP contribution in [0.1, 0.15) is 11.1 Å². The first-order valence-electron chi connectivity index (χ1n) is 6.44. The van der Waals surface area contributed by atoms with Crippen LogP contribution in [0.2, 0.25) is 0 Å². The van der Waals surface area contributed by atoms with Gasteiger partial charge in [0.1, 0.15) is 5.78 Å². The Hall–Kier alpha value is -3.09. The Labute approximate surface area is 125 Å². The van der Waals surface area contributed by atoms with E-state index in [-0.39, 0.29) is 30.0 Å². The summed E-state index contributed by atoms with van der Waals surface area (Å²) in [5.74, 6) is -0.0669. The summed E-state index contributed by atoms with van der Waals surface area (Å²) in [5, 5.41) is 21.1. The first-order chi connectivity index (χ1) is 10.5. The summed E-state index contributed by atoms with van der Waals surface area (Å²) in [5.41, 5.74) is 1.34. The smallest absolute Gasteiger partial charge is 0.269 e. The number of nitro benzene ring substituents is 2. The van der Waals surface area contributed by atoms with Crippen molar-refractivity contribution in [3.8, 4) is 0 Å². The summed E-state index contributed by atoms with van der Waals surface area (Å²) >= 11 is 0. The molecule has 2 rings (SSSR count). The molecule has 0 radical (unpaired) electrons. The van der Waals surface area contributed by atoms with Gasteiger partial charge in [0.15, 0.2) is 0 Å². The van der Waals surface area contributed by atoms with Crippen LogP contribution in [0.3, 0.4) is 0 Å². The molecule has 0 aliphatic rings. The normalized spacial score (nSPS) is 10.2. The average molecular weight is 300 g/mol. The van der Waals surface area contributed by atoms with Crippen LogP contribution in [0.15, 0.2) is 48.5 Å². The van der Waals surface area contributed by atoms with Crippen LogP contribution in [0.25, 0.3) is 0 Å². The third kappa shape index (κ3) is 3.95. The maximum Gasteiger partial charge on any atom is 0.269 e. The number of rotatable bonds is 6. The molecule has 0 amide bonds. The van der Waals surface area contributed by atoms with E-state index in [1.807, 2.05) is 0 Å². The molecule has 0 fully saturated rings. The van der Waals surface area contributed by atoms with Gasteiger partial charge < -0.3 is 0 Å². The quantitative estimate of drug-likeness (QED) is 0.602. The lowest BCUT2D eigenvalue weighted by molar-refractivity contribution is -0.385. The molecule has 0 N–H and O–H groups in total. The minimum absolute atomic E-state index is 0.0217. The first kappa shape index (κ1) is 15.3. The first-order valence-corrected chi connectivity index (χ1v) is 6.44. The Kier molecular flexibility index (Phi) is 4.57. The van der Waals surface area contributed by atoms with Crippen molar-refractivity contribution >= 4 is 17.2 Å². The van der Waals surface area contributed by atoms with Gasteiger partial charge in [-0.1, -0.05) is 24.3 Å². The van der Waals surface area contributed by atoms with Gasteiger partial charge >= 0.3 is 0 Å². The van der Waals surface area contributed by atoms with Crippen molar-refractivity contribution in [2.45, 2.75) is 12.8 Å². The zero-order valence-electron chi connectivity index (χ0n) is 11.5. The van der Waals surface area contributed by atoms with Gasteiger partial charge in [0.25, 0.3) is 11.4 Å². The Morgan fingerprint density at radius 3 is 1.32 bits per heavy atom. The van der Waals surface area contributed by atoms with Crippen LogP contribution in [0.4, 0.5) is 11.4 Å². The van der Waals surface area contributed by atoms with Gasteiger partial charge in [-0.15, -0.1) is 0 Å². The summed E-state index contributed by atoms with van der Waals surface area (Å²) in [6.45, 7) is 0. The lowest BCUT2D eigenvalue weighted by Crippen LogP contribution is -2.06. The number of hydrogen-bond donors (Lipinski definition) is 0. The fourth-order valence-electron chi connectivity index (χ4n) is 1.99. The van der Waals surface area contributed by atoms with E-state index in [1.54, 1.807) is 24.3 Å². The van der Waals surface area contributed by atoms with Crippen molar-refractivity contribution in [3.63, 3.8) is 0 Å². The van der Waals surface area contributed by atoms with E-state index < -0.39 is 9.85 Å². The summed E-state index contributed by atoms with van der Waals surface area (Å²) in [6, 6.07) is 11.6. The average Bonchev–Trinajstić information content (AvgIpc) is 2.48.